The maximum atomic E-state index is 12.2. The van der Waals surface area contributed by atoms with E-state index in [2.05, 4.69) is 4.99 Å². The van der Waals surface area contributed by atoms with Crippen LogP contribution in [0.25, 0.3) is 0 Å². The third-order valence-electron chi connectivity index (χ3n) is 4.40. The summed E-state index contributed by atoms with van der Waals surface area (Å²) in [5.41, 5.74) is 3.29. The Morgan fingerprint density at radius 3 is 2.23 bits per heavy atom. The van der Waals surface area contributed by atoms with Crippen LogP contribution in [-0.4, -0.2) is 46.2 Å². The maximum absolute atomic E-state index is 12.2. The fourth-order valence-corrected chi connectivity index (χ4v) is 3.12. The minimum Gasteiger partial charge on any atom is -0.496 e. The van der Waals surface area contributed by atoms with Crippen LogP contribution in [-0.2, 0) is 16.0 Å². The number of esters is 1. The molecular weight excluding hydrogens is 334 g/mol. The third kappa shape index (κ3) is 3.10. The standard InChI is InChI=1S/C20H21NO5/c1-23-16-8-6-5-7-13(16)19-14-11-18(25-3)17(24-2)10-12(14)9-15(21-19)20(22)26-4/h5-8,10-11,15H,9H2,1-4H3. The molecule has 6 nitrogen and oxygen atoms in total. The largest absolute Gasteiger partial charge is 0.496 e. The number of rotatable bonds is 5. The second-order valence-corrected chi connectivity index (χ2v) is 5.79. The van der Waals surface area contributed by atoms with Gasteiger partial charge in [0.05, 0.1) is 34.2 Å². The Balaban J connectivity index is 2.23. The normalized spacial score (nSPS) is 15.5. The molecule has 136 valence electrons. The van der Waals surface area contributed by atoms with Gasteiger partial charge in [-0.1, -0.05) is 12.1 Å². The van der Waals surface area contributed by atoms with Crippen molar-refractivity contribution in [3.8, 4) is 17.2 Å². The summed E-state index contributed by atoms with van der Waals surface area (Å²) in [5, 5.41) is 0. The van der Waals surface area contributed by atoms with Crippen molar-refractivity contribution in [1.29, 1.82) is 0 Å². The highest BCUT2D eigenvalue weighted by atomic mass is 16.5. The maximum Gasteiger partial charge on any atom is 0.330 e. The summed E-state index contributed by atoms with van der Waals surface area (Å²) in [6, 6.07) is 10.7. The highest BCUT2D eigenvalue weighted by molar-refractivity contribution is 6.17. The van der Waals surface area contributed by atoms with Crippen molar-refractivity contribution in [3.63, 3.8) is 0 Å². The number of hydrogen-bond acceptors (Lipinski definition) is 6. The van der Waals surface area contributed by atoms with Crippen LogP contribution < -0.4 is 14.2 Å². The van der Waals surface area contributed by atoms with Crippen molar-refractivity contribution in [2.75, 3.05) is 28.4 Å². The Hall–Kier alpha value is -3.02. The van der Waals surface area contributed by atoms with Gasteiger partial charge in [-0.3, -0.25) is 4.99 Å². The van der Waals surface area contributed by atoms with E-state index in [0.29, 0.717) is 29.4 Å². The van der Waals surface area contributed by atoms with Crippen LogP contribution in [0.15, 0.2) is 41.4 Å². The molecular formula is C20H21NO5. The van der Waals surface area contributed by atoms with Crippen molar-refractivity contribution in [1.82, 2.24) is 0 Å². The molecule has 0 saturated carbocycles. The Kier molecular flexibility index (Phi) is 5.11. The van der Waals surface area contributed by atoms with Crippen molar-refractivity contribution in [2.24, 2.45) is 4.99 Å². The van der Waals surface area contributed by atoms with Crippen LogP contribution in [0.1, 0.15) is 16.7 Å². The van der Waals surface area contributed by atoms with Gasteiger partial charge in [-0.2, -0.15) is 0 Å². The summed E-state index contributed by atoms with van der Waals surface area (Å²) < 4.78 is 21.2. The lowest BCUT2D eigenvalue weighted by atomic mass is 9.89. The van der Waals surface area contributed by atoms with Gasteiger partial charge in [0.2, 0.25) is 0 Å². The highest BCUT2D eigenvalue weighted by Gasteiger charge is 2.30. The van der Waals surface area contributed by atoms with E-state index in [0.717, 1.165) is 16.7 Å². The first kappa shape index (κ1) is 17.8. The Morgan fingerprint density at radius 2 is 1.58 bits per heavy atom. The Morgan fingerprint density at radius 1 is 0.923 bits per heavy atom. The summed E-state index contributed by atoms with van der Waals surface area (Å²) in [6.45, 7) is 0. The van der Waals surface area contributed by atoms with E-state index in [1.165, 1.54) is 7.11 Å². The van der Waals surface area contributed by atoms with E-state index in [1.54, 1.807) is 21.3 Å². The van der Waals surface area contributed by atoms with Crippen molar-refractivity contribution in [3.05, 3.63) is 53.1 Å². The summed E-state index contributed by atoms with van der Waals surface area (Å²) in [5.74, 6) is 1.51. The number of nitrogens with zero attached hydrogens (tertiary/aromatic N) is 1. The molecule has 6 heteroatoms. The number of aliphatic imine (C=N–C) groups is 1. The Bertz CT molecular complexity index is 859. The van der Waals surface area contributed by atoms with Gasteiger partial charge in [0, 0.05) is 17.5 Å². The van der Waals surface area contributed by atoms with Gasteiger partial charge in [0.1, 0.15) is 5.75 Å². The quantitative estimate of drug-likeness (QED) is 0.772. The van der Waals surface area contributed by atoms with Gasteiger partial charge < -0.3 is 18.9 Å². The van der Waals surface area contributed by atoms with E-state index >= 15 is 0 Å². The van der Waals surface area contributed by atoms with E-state index in [4.69, 9.17) is 18.9 Å². The zero-order chi connectivity index (χ0) is 18.7. The minimum absolute atomic E-state index is 0.377. The third-order valence-corrected chi connectivity index (χ3v) is 4.40. The molecule has 1 atom stereocenters. The number of benzene rings is 2. The molecule has 0 amide bonds. The molecule has 3 rings (SSSR count). The predicted octanol–water partition coefficient (Wildman–Crippen LogP) is 2.65. The van der Waals surface area contributed by atoms with Crippen molar-refractivity contribution in [2.45, 2.75) is 12.5 Å². The molecule has 0 radical (unpaired) electrons. The first-order valence-corrected chi connectivity index (χ1v) is 8.17. The SMILES string of the molecule is COC(=O)C1Cc2cc(OC)c(OC)cc2C(c2ccccc2OC)=N1. The van der Waals surface area contributed by atoms with Gasteiger partial charge >= 0.3 is 5.97 Å². The zero-order valence-electron chi connectivity index (χ0n) is 15.2. The summed E-state index contributed by atoms with van der Waals surface area (Å²) in [7, 11) is 6.14. The second kappa shape index (κ2) is 7.47. The average molecular weight is 355 g/mol. The smallest absolute Gasteiger partial charge is 0.330 e. The molecule has 1 heterocycles. The second-order valence-electron chi connectivity index (χ2n) is 5.79. The number of carbonyl (C=O) groups excluding carboxylic acids is 1. The number of hydrogen-bond donors (Lipinski definition) is 0. The zero-order valence-corrected chi connectivity index (χ0v) is 15.2. The number of methoxy groups -OCH3 is 4. The lowest BCUT2D eigenvalue weighted by molar-refractivity contribution is -0.142. The van der Waals surface area contributed by atoms with Gasteiger partial charge in [0.25, 0.3) is 0 Å². The fourth-order valence-electron chi connectivity index (χ4n) is 3.12. The van der Waals surface area contributed by atoms with Gasteiger partial charge in [0.15, 0.2) is 17.5 Å². The monoisotopic (exact) mass is 355 g/mol. The topological polar surface area (TPSA) is 66.4 Å². The first-order valence-electron chi connectivity index (χ1n) is 8.17. The van der Waals surface area contributed by atoms with E-state index < -0.39 is 6.04 Å². The van der Waals surface area contributed by atoms with Crippen LogP contribution in [0.4, 0.5) is 0 Å². The molecule has 0 aromatic heterocycles. The first-order chi connectivity index (χ1) is 12.6. The molecule has 0 aliphatic carbocycles. The fraction of sp³-hybridized carbons (Fsp3) is 0.300. The summed E-state index contributed by atoms with van der Waals surface area (Å²) in [6.07, 6.45) is 0.432. The van der Waals surface area contributed by atoms with Crippen LogP contribution >= 0.6 is 0 Å². The molecule has 1 aliphatic rings. The lowest BCUT2D eigenvalue weighted by Gasteiger charge is -2.24. The molecule has 1 aliphatic heterocycles. The van der Waals surface area contributed by atoms with Gasteiger partial charge in [-0.05, 0) is 29.8 Å². The van der Waals surface area contributed by atoms with Crippen molar-refractivity contribution >= 4 is 11.7 Å². The Labute approximate surface area is 152 Å². The number of ether oxygens (including phenoxy) is 4. The van der Waals surface area contributed by atoms with Crippen LogP contribution in [0.3, 0.4) is 0 Å². The summed E-state index contributed by atoms with van der Waals surface area (Å²) >= 11 is 0. The van der Waals surface area contributed by atoms with Crippen LogP contribution in [0, 0.1) is 0 Å². The van der Waals surface area contributed by atoms with Gasteiger partial charge in [-0.15, -0.1) is 0 Å². The minimum atomic E-state index is -0.620. The lowest BCUT2D eigenvalue weighted by Crippen LogP contribution is -2.29. The number of carbonyl (C=O) groups is 1. The molecule has 0 spiro atoms. The van der Waals surface area contributed by atoms with Gasteiger partial charge in [-0.25, -0.2) is 4.79 Å². The molecule has 1 unspecified atom stereocenters. The van der Waals surface area contributed by atoms with Crippen LogP contribution in [0.5, 0.6) is 17.2 Å². The van der Waals surface area contributed by atoms with E-state index in [9.17, 15) is 4.79 Å². The van der Waals surface area contributed by atoms with E-state index in [-0.39, 0.29) is 5.97 Å². The average Bonchev–Trinajstić information content (AvgIpc) is 2.71. The molecule has 0 N–H and O–H groups in total. The van der Waals surface area contributed by atoms with Crippen LogP contribution in [0.2, 0.25) is 0 Å². The predicted molar refractivity (Wildman–Crippen MR) is 97.7 cm³/mol. The molecule has 26 heavy (non-hydrogen) atoms. The number of para-hydroxylation sites is 1. The number of fused-ring (bicyclic) bond motifs is 1. The molecule has 0 saturated heterocycles. The molecule has 2 aromatic carbocycles. The molecule has 0 bridgehead atoms. The summed E-state index contributed by atoms with van der Waals surface area (Å²) in [4.78, 5) is 16.8. The van der Waals surface area contributed by atoms with E-state index in [1.807, 2.05) is 36.4 Å². The molecule has 0 fully saturated rings. The molecule has 2 aromatic rings. The van der Waals surface area contributed by atoms with Crippen molar-refractivity contribution < 1.29 is 23.7 Å². The highest BCUT2D eigenvalue weighted by Crippen LogP contribution is 2.36.